The molecule has 2 rings (SSSR count). The maximum Gasteiger partial charge on any atom is 0.309 e. The van der Waals surface area contributed by atoms with E-state index < -0.39 is 12.0 Å². The molecule has 7 heteroatoms. The van der Waals surface area contributed by atoms with Gasteiger partial charge in [0.05, 0.1) is 21.7 Å². The average Bonchev–Trinajstić information content (AvgIpc) is 2.52. The molecule has 1 heterocycles. The first-order valence-electron chi connectivity index (χ1n) is 7.02. The highest BCUT2D eigenvalue weighted by atomic mass is 35.5. The van der Waals surface area contributed by atoms with Crippen molar-refractivity contribution in [2.45, 2.75) is 25.9 Å². The van der Waals surface area contributed by atoms with Gasteiger partial charge in [0.1, 0.15) is 0 Å². The van der Waals surface area contributed by atoms with E-state index in [1.165, 1.54) is 6.92 Å². The highest BCUT2D eigenvalue weighted by molar-refractivity contribution is 6.44. The van der Waals surface area contributed by atoms with Crippen LogP contribution in [-0.2, 0) is 19.1 Å². The van der Waals surface area contributed by atoms with Crippen molar-refractivity contribution in [1.82, 2.24) is 0 Å². The van der Waals surface area contributed by atoms with E-state index in [1.54, 1.807) is 18.2 Å². The normalized spacial score (nSPS) is 16.9. The van der Waals surface area contributed by atoms with Crippen molar-refractivity contribution in [3.63, 3.8) is 0 Å². The van der Waals surface area contributed by atoms with Crippen LogP contribution in [0.4, 0.5) is 5.69 Å². The largest absolute Gasteiger partial charge is 0.452 e. The molecule has 5 nitrogen and oxygen atoms in total. The van der Waals surface area contributed by atoms with Crippen LogP contribution in [0.1, 0.15) is 19.8 Å². The lowest BCUT2D eigenvalue weighted by molar-refractivity contribution is -0.160. The monoisotopic (exact) mass is 345 g/mol. The number of benzene rings is 1. The van der Waals surface area contributed by atoms with Crippen LogP contribution in [0.25, 0.3) is 0 Å². The fourth-order valence-corrected chi connectivity index (χ4v) is 2.44. The molecule has 1 fully saturated rings. The Morgan fingerprint density at radius 1 is 1.32 bits per heavy atom. The maximum atomic E-state index is 12.1. The lowest BCUT2D eigenvalue weighted by Crippen LogP contribution is -2.34. The minimum atomic E-state index is -0.912. The zero-order valence-corrected chi connectivity index (χ0v) is 13.6. The molecule has 1 aliphatic heterocycles. The van der Waals surface area contributed by atoms with E-state index in [4.69, 9.17) is 32.7 Å². The first kappa shape index (κ1) is 17.1. The molecule has 0 spiro atoms. The number of hydrogen-bond acceptors (Lipinski definition) is 4. The molecular formula is C15H17Cl2NO4. The molecule has 1 N–H and O–H groups in total. The van der Waals surface area contributed by atoms with Crippen LogP contribution >= 0.6 is 23.2 Å². The first-order chi connectivity index (χ1) is 10.5. The Hall–Kier alpha value is -1.30. The zero-order valence-electron chi connectivity index (χ0n) is 12.1. The molecule has 1 aliphatic rings. The Kier molecular flexibility index (Phi) is 6.06. The second kappa shape index (κ2) is 7.81. The summed E-state index contributed by atoms with van der Waals surface area (Å²) in [5.74, 6) is -1.04. The Bertz CT molecular complexity index is 558. The van der Waals surface area contributed by atoms with Gasteiger partial charge in [-0.2, -0.15) is 0 Å². The third-order valence-electron chi connectivity index (χ3n) is 3.43. The number of hydrogen-bond donors (Lipinski definition) is 1. The first-order valence-corrected chi connectivity index (χ1v) is 7.77. The van der Waals surface area contributed by atoms with Crippen LogP contribution in [0.5, 0.6) is 0 Å². The summed E-state index contributed by atoms with van der Waals surface area (Å²) in [4.78, 5) is 24.1. The Labute approximate surface area is 138 Å². The van der Waals surface area contributed by atoms with Crippen molar-refractivity contribution in [2.75, 3.05) is 18.5 Å². The lowest BCUT2D eigenvalue weighted by Gasteiger charge is -2.22. The molecule has 1 amide bonds. The van der Waals surface area contributed by atoms with E-state index in [0.29, 0.717) is 36.8 Å². The van der Waals surface area contributed by atoms with Gasteiger partial charge in [0, 0.05) is 13.2 Å². The Morgan fingerprint density at radius 2 is 2.00 bits per heavy atom. The summed E-state index contributed by atoms with van der Waals surface area (Å²) >= 11 is 11.9. The number of carbonyl (C=O) groups is 2. The second-order valence-electron chi connectivity index (χ2n) is 5.06. The van der Waals surface area contributed by atoms with Gasteiger partial charge in [0.2, 0.25) is 0 Å². The van der Waals surface area contributed by atoms with Crippen molar-refractivity contribution >= 4 is 40.8 Å². The number of halogens is 2. The van der Waals surface area contributed by atoms with Crippen LogP contribution in [0.15, 0.2) is 18.2 Å². The third-order valence-corrected chi connectivity index (χ3v) is 4.25. The second-order valence-corrected chi connectivity index (χ2v) is 5.84. The Balaban J connectivity index is 1.91. The lowest BCUT2D eigenvalue weighted by atomic mass is 10.0. The maximum absolute atomic E-state index is 12.1. The van der Waals surface area contributed by atoms with Crippen LogP contribution < -0.4 is 5.32 Å². The van der Waals surface area contributed by atoms with E-state index in [1.807, 2.05) is 0 Å². The predicted molar refractivity (Wildman–Crippen MR) is 84.2 cm³/mol. The number of rotatable bonds is 4. The molecule has 1 aromatic carbocycles. The highest BCUT2D eigenvalue weighted by Crippen LogP contribution is 2.29. The van der Waals surface area contributed by atoms with E-state index in [0.717, 1.165) is 0 Å². The predicted octanol–water partition coefficient (Wildman–Crippen LogP) is 3.29. The number of esters is 1. The summed E-state index contributed by atoms with van der Waals surface area (Å²) in [6.45, 7) is 2.60. The molecule has 120 valence electrons. The fourth-order valence-electron chi connectivity index (χ4n) is 2.09. The molecular weight excluding hydrogens is 329 g/mol. The SMILES string of the molecule is C[C@H](OC(=O)C1CCOCC1)C(=O)Nc1cccc(Cl)c1Cl. The summed E-state index contributed by atoms with van der Waals surface area (Å²) in [5, 5.41) is 3.19. The van der Waals surface area contributed by atoms with E-state index in [9.17, 15) is 9.59 Å². The number of carbonyl (C=O) groups excluding carboxylic acids is 2. The van der Waals surface area contributed by atoms with Crippen LogP contribution in [0.2, 0.25) is 10.0 Å². The van der Waals surface area contributed by atoms with Crippen LogP contribution in [0.3, 0.4) is 0 Å². The quantitative estimate of drug-likeness (QED) is 0.850. The molecule has 22 heavy (non-hydrogen) atoms. The summed E-state index contributed by atoms with van der Waals surface area (Å²) in [5.41, 5.74) is 0.383. The molecule has 0 unspecified atom stereocenters. The van der Waals surface area contributed by atoms with Gasteiger partial charge in [-0.1, -0.05) is 29.3 Å². The molecule has 0 aliphatic carbocycles. The number of nitrogens with one attached hydrogen (secondary N) is 1. The highest BCUT2D eigenvalue weighted by Gasteiger charge is 2.27. The summed E-state index contributed by atoms with van der Waals surface area (Å²) in [6.07, 6.45) is 0.325. The molecule has 1 saturated heterocycles. The van der Waals surface area contributed by atoms with Gasteiger partial charge in [0.15, 0.2) is 6.10 Å². The summed E-state index contributed by atoms with van der Waals surface area (Å²) in [7, 11) is 0. The standard InChI is InChI=1S/C15H17Cl2NO4/c1-9(22-15(20)10-5-7-21-8-6-10)14(19)18-12-4-2-3-11(16)13(12)17/h2-4,9-10H,5-8H2,1H3,(H,18,19)/t9-/m0/s1. The van der Waals surface area contributed by atoms with E-state index in [2.05, 4.69) is 5.32 Å². The third kappa shape index (κ3) is 4.35. The van der Waals surface area contributed by atoms with Gasteiger partial charge < -0.3 is 14.8 Å². The van der Waals surface area contributed by atoms with Crippen molar-refractivity contribution in [3.05, 3.63) is 28.2 Å². The smallest absolute Gasteiger partial charge is 0.309 e. The number of amides is 1. The van der Waals surface area contributed by atoms with Crippen molar-refractivity contribution < 1.29 is 19.1 Å². The molecule has 0 bridgehead atoms. The summed E-state index contributed by atoms with van der Waals surface area (Å²) in [6, 6.07) is 4.91. The molecule has 0 aromatic heterocycles. The van der Waals surface area contributed by atoms with Crippen LogP contribution in [-0.4, -0.2) is 31.2 Å². The van der Waals surface area contributed by atoms with Gasteiger partial charge in [-0.05, 0) is 31.9 Å². The number of anilines is 1. The Morgan fingerprint density at radius 3 is 2.68 bits per heavy atom. The van der Waals surface area contributed by atoms with E-state index >= 15 is 0 Å². The average molecular weight is 346 g/mol. The van der Waals surface area contributed by atoms with Gasteiger partial charge in [-0.15, -0.1) is 0 Å². The van der Waals surface area contributed by atoms with Gasteiger partial charge in [-0.25, -0.2) is 0 Å². The molecule has 0 saturated carbocycles. The molecule has 1 atom stereocenters. The molecule has 0 radical (unpaired) electrons. The van der Waals surface area contributed by atoms with E-state index in [-0.39, 0.29) is 16.9 Å². The fraction of sp³-hybridized carbons (Fsp3) is 0.467. The molecule has 1 aromatic rings. The summed E-state index contributed by atoms with van der Waals surface area (Å²) < 4.78 is 10.4. The van der Waals surface area contributed by atoms with Gasteiger partial charge >= 0.3 is 5.97 Å². The minimum absolute atomic E-state index is 0.209. The van der Waals surface area contributed by atoms with Crippen molar-refractivity contribution in [3.8, 4) is 0 Å². The van der Waals surface area contributed by atoms with Crippen LogP contribution in [0, 0.1) is 5.92 Å². The number of ether oxygens (including phenoxy) is 2. The minimum Gasteiger partial charge on any atom is -0.452 e. The van der Waals surface area contributed by atoms with Crippen molar-refractivity contribution in [1.29, 1.82) is 0 Å². The van der Waals surface area contributed by atoms with Crippen molar-refractivity contribution in [2.24, 2.45) is 5.92 Å². The van der Waals surface area contributed by atoms with Gasteiger partial charge in [0.25, 0.3) is 5.91 Å². The zero-order chi connectivity index (χ0) is 16.1. The van der Waals surface area contributed by atoms with Gasteiger partial charge in [-0.3, -0.25) is 9.59 Å². The topological polar surface area (TPSA) is 64.6 Å².